The van der Waals surface area contributed by atoms with Crippen LogP contribution in [0.2, 0.25) is 0 Å². The zero-order valence-corrected chi connectivity index (χ0v) is 9.71. The minimum absolute atomic E-state index is 0.317. The lowest BCUT2D eigenvalue weighted by Crippen LogP contribution is -1.95. The SMILES string of the molecule is CCCCc1ccccc1CCCCO. The Morgan fingerprint density at radius 3 is 2.07 bits per heavy atom. The van der Waals surface area contributed by atoms with E-state index in [-0.39, 0.29) is 0 Å². The van der Waals surface area contributed by atoms with Crippen LogP contribution in [0.4, 0.5) is 0 Å². The van der Waals surface area contributed by atoms with Crippen LogP contribution >= 0.6 is 0 Å². The van der Waals surface area contributed by atoms with Gasteiger partial charge in [0.1, 0.15) is 0 Å². The highest BCUT2D eigenvalue weighted by molar-refractivity contribution is 5.27. The molecule has 0 radical (unpaired) electrons. The second kappa shape index (κ2) is 7.47. The second-order valence-electron chi connectivity index (χ2n) is 4.05. The topological polar surface area (TPSA) is 20.2 Å². The summed E-state index contributed by atoms with van der Waals surface area (Å²) >= 11 is 0. The first-order chi connectivity index (χ1) is 7.38. The summed E-state index contributed by atoms with van der Waals surface area (Å²) in [6.07, 6.45) is 6.86. The van der Waals surface area contributed by atoms with E-state index in [9.17, 15) is 0 Å². The summed E-state index contributed by atoms with van der Waals surface area (Å²) in [4.78, 5) is 0. The smallest absolute Gasteiger partial charge is 0.0431 e. The molecule has 1 N–H and O–H groups in total. The van der Waals surface area contributed by atoms with Gasteiger partial charge in [-0.3, -0.25) is 0 Å². The Morgan fingerprint density at radius 1 is 0.933 bits per heavy atom. The molecule has 0 saturated carbocycles. The molecule has 0 atom stereocenters. The molecule has 0 amide bonds. The van der Waals surface area contributed by atoms with E-state index in [1.807, 2.05) is 0 Å². The van der Waals surface area contributed by atoms with Crippen LogP contribution in [0, 0.1) is 0 Å². The molecule has 1 rings (SSSR count). The van der Waals surface area contributed by atoms with Crippen LogP contribution in [-0.2, 0) is 12.8 Å². The third-order valence-electron chi connectivity index (χ3n) is 2.77. The average Bonchev–Trinajstić information content (AvgIpc) is 2.28. The number of benzene rings is 1. The van der Waals surface area contributed by atoms with Gasteiger partial charge in [-0.05, 0) is 43.2 Å². The molecule has 15 heavy (non-hydrogen) atoms. The van der Waals surface area contributed by atoms with E-state index < -0.39 is 0 Å². The largest absolute Gasteiger partial charge is 0.396 e. The Hall–Kier alpha value is -0.820. The van der Waals surface area contributed by atoms with Crippen molar-refractivity contribution in [1.29, 1.82) is 0 Å². The number of unbranched alkanes of at least 4 members (excludes halogenated alkanes) is 2. The fraction of sp³-hybridized carbons (Fsp3) is 0.571. The molecule has 0 saturated heterocycles. The van der Waals surface area contributed by atoms with Crippen molar-refractivity contribution in [3.63, 3.8) is 0 Å². The Morgan fingerprint density at radius 2 is 1.53 bits per heavy atom. The molecular weight excluding hydrogens is 184 g/mol. The van der Waals surface area contributed by atoms with Crippen molar-refractivity contribution in [3.8, 4) is 0 Å². The van der Waals surface area contributed by atoms with E-state index >= 15 is 0 Å². The van der Waals surface area contributed by atoms with Gasteiger partial charge in [0.15, 0.2) is 0 Å². The molecular formula is C14H22O. The van der Waals surface area contributed by atoms with Gasteiger partial charge in [0, 0.05) is 6.61 Å². The zero-order chi connectivity index (χ0) is 10.9. The van der Waals surface area contributed by atoms with Crippen LogP contribution in [0.5, 0.6) is 0 Å². The lowest BCUT2D eigenvalue weighted by Gasteiger charge is -2.08. The maximum absolute atomic E-state index is 8.75. The highest BCUT2D eigenvalue weighted by atomic mass is 16.2. The van der Waals surface area contributed by atoms with Crippen molar-refractivity contribution >= 4 is 0 Å². The van der Waals surface area contributed by atoms with Crippen molar-refractivity contribution in [3.05, 3.63) is 35.4 Å². The maximum atomic E-state index is 8.75. The third kappa shape index (κ3) is 4.48. The van der Waals surface area contributed by atoms with Crippen molar-refractivity contribution in [2.45, 2.75) is 45.4 Å². The molecule has 0 spiro atoms. The van der Waals surface area contributed by atoms with Crippen molar-refractivity contribution in [2.75, 3.05) is 6.61 Å². The molecule has 0 unspecified atom stereocenters. The average molecular weight is 206 g/mol. The van der Waals surface area contributed by atoms with E-state index in [2.05, 4.69) is 31.2 Å². The monoisotopic (exact) mass is 206 g/mol. The first-order valence-corrected chi connectivity index (χ1v) is 6.06. The highest BCUT2D eigenvalue weighted by Gasteiger charge is 2.00. The van der Waals surface area contributed by atoms with Crippen LogP contribution in [0.25, 0.3) is 0 Å². The quantitative estimate of drug-likeness (QED) is 0.678. The lowest BCUT2D eigenvalue weighted by atomic mass is 9.98. The summed E-state index contributed by atoms with van der Waals surface area (Å²) in [5, 5.41) is 8.75. The van der Waals surface area contributed by atoms with Crippen molar-refractivity contribution < 1.29 is 5.11 Å². The Kier molecular flexibility index (Phi) is 6.10. The van der Waals surface area contributed by atoms with E-state index in [4.69, 9.17) is 5.11 Å². The number of rotatable bonds is 7. The molecule has 0 bridgehead atoms. The van der Waals surface area contributed by atoms with Crippen LogP contribution < -0.4 is 0 Å². The molecule has 1 aromatic carbocycles. The summed E-state index contributed by atoms with van der Waals surface area (Å²) in [7, 11) is 0. The Labute approximate surface area is 93.1 Å². The standard InChI is InChI=1S/C14H22O/c1-2-3-8-13-9-4-5-10-14(13)11-6-7-12-15/h4-5,9-10,15H,2-3,6-8,11-12H2,1H3. The summed E-state index contributed by atoms with van der Waals surface area (Å²) in [5.74, 6) is 0. The first kappa shape index (κ1) is 12.3. The Balaban J connectivity index is 2.52. The predicted molar refractivity (Wildman–Crippen MR) is 65.1 cm³/mol. The normalized spacial score (nSPS) is 10.5. The number of aliphatic hydroxyl groups excluding tert-OH is 1. The van der Waals surface area contributed by atoms with Gasteiger partial charge in [-0.2, -0.15) is 0 Å². The molecule has 0 aliphatic carbocycles. The minimum Gasteiger partial charge on any atom is -0.396 e. The van der Waals surface area contributed by atoms with Gasteiger partial charge in [-0.15, -0.1) is 0 Å². The van der Waals surface area contributed by atoms with Gasteiger partial charge in [-0.25, -0.2) is 0 Å². The summed E-state index contributed by atoms with van der Waals surface area (Å²) in [6, 6.07) is 8.70. The first-order valence-electron chi connectivity index (χ1n) is 6.06. The van der Waals surface area contributed by atoms with E-state index in [1.165, 1.54) is 30.4 Å². The summed E-state index contributed by atoms with van der Waals surface area (Å²) in [5.41, 5.74) is 2.97. The van der Waals surface area contributed by atoms with Crippen LogP contribution in [0.15, 0.2) is 24.3 Å². The minimum atomic E-state index is 0.317. The van der Waals surface area contributed by atoms with Gasteiger partial charge in [0.25, 0.3) is 0 Å². The lowest BCUT2D eigenvalue weighted by molar-refractivity contribution is 0.284. The molecule has 1 aromatic rings. The second-order valence-corrected chi connectivity index (χ2v) is 4.05. The highest BCUT2D eigenvalue weighted by Crippen LogP contribution is 2.14. The zero-order valence-electron chi connectivity index (χ0n) is 9.71. The summed E-state index contributed by atoms with van der Waals surface area (Å²) in [6.45, 7) is 2.55. The molecule has 0 aliphatic heterocycles. The van der Waals surface area contributed by atoms with Crippen LogP contribution in [0.1, 0.15) is 43.7 Å². The molecule has 1 heteroatoms. The van der Waals surface area contributed by atoms with Crippen molar-refractivity contribution in [1.82, 2.24) is 0 Å². The van der Waals surface area contributed by atoms with Crippen LogP contribution in [0.3, 0.4) is 0 Å². The molecule has 84 valence electrons. The Bertz CT molecular complexity index is 268. The third-order valence-corrected chi connectivity index (χ3v) is 2.77. The van der Waals surface area contributed by atoms with Crippen molar-refractivity contribution in [2.24, 2.45) is 0 Å². The number of hydrogen-bond acceptors (Lipinski definition) is 1. The molecule has 0 heterocycles. The number of aryl methyl sites for hydroxylation is 2. The fourth-order valence-electron chi connectivity index (χ4n) is 1.84. The van der Waals surface area contributed by atoms with E-state index in [0.717, 1.165) is 19.3 Å². The van der Waals surface area contributed by atoms with Gasteiger partial charge < -0.3 is 5.11 Å². The maximum Gasteiger partial charge on any atom is 0.0431 e. The number of hydrogen-bond donors (Lipinski definition) is 1. The van der Waals surface area contributed by atoms with E-state index in [1.54, 1.807) is 0 Å². The summed E-state index contributed by atoms with van der Waals surface area (Å²) < 4.78 is 0. The van der Waals surface area contributed by atoms with Gasteiger partial charge >= 0.3 is 0 Å². The van der Waals surface area contributed by atoms with Gasteiger partial charge in [0.2, 0.25) is 0 Å². The van der Waals surface area contributed by atoms with Gasteiger partial charge in [0.05, 0.1) is 0 Å². The predicted octanol–water partition coefficient (Wildman–Crippen LogP) is 3.34. The molecule has 0 fully saturated rings. The van der Waals surface area contributed by atoms with Crippen LogP contribution in [-0.4, -0.2) is 11.7 Å². The van der Waals surface area contributed by atoms with Gasteiger partial charge in [-0.1, -0.05) is 37.6 Å². The van der Waals surface area contributed by atoms with E-state index in [0.29, 0.717) is 6.61 Å². The molecule has 0 aromatic heterocycles. The molecule has 1 nitrogen and oxygen atoms in total. The number of aliphatic hydroxyl groups is 1. The fourth-order valence-corrected chi connectivity index (χ4v) is 1.84. The molecule has 0 aliphatic rings.